The van der Waals surface area contributed by atoms with Gasteiger partial charge in [-0.15, -0.1) is 0 Å². The maximum absolute atomic E-state index is 12.1. The molecule has 1 aromatic heterocycles. The van der Waals surface area contributed by atoms with Crippen molar-refractivity contribution in [3.05, 3.63) is 76.6 Å². The van der Waals surface area contributed by atoms with Crippen LogP contribution in [0.3, 0.4) is 0 Å². The molecular weight excluding hydrogens is 354 g/mol. The molecule has 0 radical (unpaired) electrons. The summed E-state index contributed by atoms with van der Waals surface area (Å²) in [5, 5.41) is 4.08. The Morgan fingerprint density at radius 3 is 2.64 bits per heavy atom. The average Bonchev–Trinajstić information content (AvgIpc) is 2.96. The second-order valence-corrected chi connectivity index (χ2v) is 6.96. The van der Waals surface area contributed by atoms with Crippen molar-refractivity contribution < 1.29 is 4.79 Å². The molecule has 0 fully saturated rings. The molecule has 0 saturated heterocycles. The van der Waals surface area contributed by atoms with Gasteiger partial charge in [-0.1, -0.05) is 65.8 Å². The van der Waals surface area contributed by atoms with Crippen molar-refractivity contribution in [2.45, 2.75) is 18.5 Å². The molecule has 0 unspecified atom stereocenters. The van der Waals surface area contributed by atoms with E-state index in [2.05, 4.69) is 27.4 Å². The number of benzene rings is 2. The maximum Gasteiger partial charge on any atom is 0.234 e. The molecular formula is C19H18ClN3OS. The van der Waals surface area contributed by atoms with Gasteiger partial charge in [0.25, 0.3) is 0 Å². The minimum atomic E-state index is -0.114. The average molecular weight is 372 g/mol. The van der Waals surface area contributed by atoms with Crippen molar-refractivity contribution in [1.82, 2.24) is 9.97 Å². The highest BCUT2D eigenvalue weighted by atomic mass is 35.5. The number of carbonyl (C=O) groups is 1. The van der Waals surface area contributed by atoms with Gasteiger partial charge in [0.05, 0.1) is 22.2 Å². The van der Waals surface area contributed by atoms with Gasteiger partial charge in [0.15, 0.2) is 5.16 Å². The zero-order chi connectivity index (χ0) is 17.6. The molecule has 128 valence electrons. The summed E-state index contributed by atoms with van der Waals surface area (Å²) in [4.78, 5) is 19.9. The largest absolute Gasteiger partial charge is 0.337 e. The summed E-state index contributed by atoms with van der Waals surface area (Å²) in [5.74, 6) is 0.153. The minimum Gasteiger partial charge on any atom is -0.337 e. The van der Waals surface area contributed by atoms with Crippen LogP contribution in [0.15, 0.2) is 59.8 Å². The van der Waals surface area contributed by atoms with Crippen LogP contribution in [0, 0.1) is 6.92 Å². The topological polar surface area (TPSA) is 57.8 Å². The van der Waals surface area contributed by atoms with E-state index in [1.165, 1.54) is 17.3 Å². The first-order chi connectivity index (χ1) is 12.1. The van der Waals surface area contributed by atoms with Gasteiger partial charge in [0.1, 0.15) is 0 Å². The third kappa shape index (κ3) is 4.87. The summed E-state index contributed by atoms with van der Waals surface area (Å²) >= 11 is 7.42. The zero-order valence-electron chi connectivity index (χ0n) is 13.8. The van der Waals surface area contributed by atoms with Gasteiger partial charge < -0.3 is 10.3 Å². The molecule has 1 amide bonds. The summed E-state index contributed by atoms with van der Waals surface area (Å²) in [6, 6.07) is 17.4. The van der Waals surface area contributed by atoms with Crippen molar-refractivity contribution in [3.63, 3.8) is 0 Å². The fourth-order valence-electron chi connectivity index (χ4n) is 2.38. The number of halogens is 1. The molecule has 3 aromatic rings. The number of thioether (sulfide) groups is 1. The highest BCUT2D eigenvalue weighted by Gasteiger charge is 2.11. The molecule has 0 aliphatic heterocycles. The molecule has 0 atom stereocenters. The van der Waals surface area contributed by atoms with Crippen molar-refractivity contribution >= 4 is 35.0 Å². The molecule has 4 nitrogen and oxygen atoms in total. The Balaban J connectivity index is 1.57. The van der Waals surface area contributed by atoms with Gasteiger partial charge in [0.2, 0.25) is 5.91 Å². The highest BCUT2D eigenvalue weighted by Crippen LogP contribution is 2.22. The first-order valence-corrected chi connectivity index (χ1v) is 9.25. The zero-order valence-corrected chi connectivity index (χ0v) is 15.3. The Bertz CT molecular complexity index is 864. The van der Waals surface area contributed by atoms with Crippen LogP contribution >= 0.6 is 23.4 Å². The van der Waals surface area contributed by atoms with E-state index < -0.39 is 0 Å². The second kappa shape index (κ2) is 8.23. The number of hydrogen-bond donors (Lipinski definition) is 2. The number of amides is 1. The van der Waals surface area contributed by atoms with Gasteiger partial charge in [0, 0.05) is 12.1 Å². The standard InChI is InChI=1S/C19H18ClN3OS/c1-13-17(11-14-7-3-2-4-8-14)23-19(21-13)25-12-18(24)22-16-10-6-5-9-15(16)20/h2-10H,11-12H2,1H3,(H,21,23)(H,22,24). The maximum atomic E-state index is 12.1. The van der Waals surface area contributed by atoms with Crippen LogP contribution in [-0.4, -0.2) is 21.6 Å². The predicted octanol–water partition coefficient (Wildman–Crippen LogP) is 4.69. The number of aryl methyl sites for hydroxylation is 1. The number of nitrogens with one attached hydrogen (secondary N) is 2. The lowest BCUT2D eigenvalue weighted by atomic mass is 10.1. The van der Waals surface area contributed by atoms with E-state index in [1.807, 2.05) is 37.3 Å². The van der Waals surface area contributed by atoms with E-state index in [0.29, 0.717) is 10.7 Å². The lowest BCUT2D eigenvalue weighted by Crippen LogP contribution is -2.14. The molecule has 6 heteroatoms. The van der Waals surface area contributed by atoms with Gasteiger partial charge in [-0.2, -0.15) is 0 Å². The van der Waals surface area contributed by atoms with E-state index in [0.717, 1.165) is 23.0 Å². The molecule has 2 aromatic carbocycles. The quantitative estimate of drug-likeness (QED) is 0.618. The smallest absolute Gasteiger partial charge is 0.234 e. The van der Waals surface area contributed by atoms with Crippen molar-refractivity contribution in [2.24, 2.45) is 0 Å². The number of para-hydroxylation sites is 1. The fourth-order valence-corrected chi connectivity index (χ4v) is 3.30. The molecule has 0 spiro atoms. The molecule has 0 bridgehead atoms. The first kappa shape index (κ1) is 17.6. The van der Waals surface area contributed by atoms with Crippen LogP contribution in [0.25, 0.3) is 0 Å². The van der Waals surface area contributed by atoms with Crippen molar-refractivity contribution in [1.29, 1.82) is 0 Å². The molecule has 25 heavy (non-hydrogen) atoms. The summed E-state index contributed by atoms with van der Waals surface area (Å²) in [7, 11) is 0. The highest BCUT2D eigenvalue weighted by molar-refractivity contribution is 7.99. The summed E-state index contributed by atoms with van der Waals surface area (Å²) < 4.78 is 0. The van der Waals surface area contributed by atoms with Crippen LogP contribution in [0.1, 0.15) is 17.0 Å². The van der Waals surface area contributed by atoms with Crippen LogP contribution in [-0.2, 0) is 11.2 Å². The van der Waals surface area contributed by atoms with Crippen molar-refractivity contribution in [3.8, 4) is 0 Å². The Labute approximate surface area is 156 Å². The Kier molecular flexibility index (Phi) is 5.79. The number of nitrogens with zero attached hydrogens (tertiary/aromatic N) is 1. The van der Waals surface area contributed by atoms with Gasteiger partial charge in [-0.3, -0.25) is 4.79 Å². The molecule has 0 aliphatic rings. The predicted molar refractivity (Wildman–Crippen MR) is 103 cm³/mol. The number of H-pyrrole nitrogens is 1. The SMILES string of the molecule is Cc1[nH]c(SCC(=O)Nc2ccccc2Cl)nc1Cc1ccccc1. The van der Waals surface area contributed by atoms with E-state index in [9.17, 15) is 4.79 Å². The number of anilines is 1. The van der Waals surface area contributed by atoms with E-state index >= 15 is 0 Å². The number of imidazole rings is 1. The third-order valence-corrected chi connectivity index (χ3v) is 4.87. The number of carbonyl (C=O) groups excluding carboxylic acids is 1. The van der Waals surface area contributed by atoms with E-state index in [-0.39, 0.29) is 11.7 Å². The third-order valence-electron chi connectivity index (χ3n) is 3.67. The Morgan fingerprint density at radius 2 is 1.88 bits per heavy atom. The molecule has 1 heterocycles. The Morgan fingerprint density at radius 1 is 1.16 bits per heavy atom. The number of rotatable bonds is 6. The van der Waals surface area contributed by atoms with Crippen LogP contribution in [0.4, 0.5) is 5.69 Å². The Hall–Kier alpha value is -2.24. The van der Waals surface area contributed by atoms with E-state index in [4.69, 9.17) is 11.6 Å². The van der Waals surface area contributed by atoms with Crippen LogP contribution in [0.2, 0.25) is 5.02 Å². The van der Waals surface area contributed by atoms with Crippen LogP contribution in [0.5, 0.6) is 0 Å². The second-order valence-electron chi connectivity index (χ2n) is 5.59. The summed E-state index contributed by atoms with van der Waals surface area (Å²) in [5.41, 5.74) is 3.86. The number of aromatic nitrogens is 2. The number of hydrogen-bond acceptors (Lipinski definition) is 3. The van der Waals surface area contributed by atoms with Crippen LogP contribution < -0.4 is 5.32 Å². The molecule has 2 N–H and O–H groups in total. The lowest BCUT2D eigenvalue weighted by molar-refractivity contribution is -0.113. The van der Waals surface area contributed by atoms with Gasteiger partial charge >= 0.3 is 0 Å². The lowest BCUT2D eigenvalue weighted by Gasteiger charge is -2.05. The van der Waals surface area contributed by atoms with E-state index in [1.54, 1.807) is 12.1 Å². The van der Waals surface area contributed by atoms with Crippen molar-refractivity contribution in [2.75, 3.05) is 11.1 Å². The first-order valence-electron chi connectivity index (χ1n) is 7.88. The minimum absolute atomic E-state index is 0.114. The number of aromatic amines is 1. The fraction of sp³-hybridized carbons (Fsp3) is 0.158. The molecule has 3 rings (SSSR count). The summed E-state index contributed by atoms with van der Waals surface area (Å²) in [6.45, 7) is 2.00. The normalized spacial score (nSPS) is 10.6. The summed E-state index contributed by atoms with van der Waals surface area (Å²) in [6.07, 6.45) is 0.773. The monoisotopic (exact) mass is 371 g/mol. The van der Waals surface area contributed by atoms with Gasteiger partial charge in [-0.25, -0.2) is 4.98 Å². The van der Waals surface area contributed by atoms with Gasteiger partial charge in [-0.05, 0) is 24.6 Å². The molecule has 0 saturated carbocycles. The molecule has 0 aliphatic carbocycles.